The molecule has 2 N–H and O–H groups in total. The summed E-state index contributed by atoms with van der Waals surface area (Å²) >= 11 is 0. The molecule has 0 bridgehead atoms. The van der Waals surface area contributed by atoms with Gasteiger partial charge in [0.25, 0.3) is 0 Å². The zero-order valence-electron chi connectivity index (χ0n) is 10.2. The topological polar surface area (TPSA) is 24.1 Å². The lowest BCUT2D eigenvalue weighted by molar-refractivity contribution is 0.430. The third-order valence-corrected chi connectivity index (χ3v) is 3.46. The van der Waals surface area contributed by atoms with Crippen molar-refractivity contribution >= 4 is 10.8 Å². The lowest BCUT2D eigenvalue weighted by Crippen LogP contribution is -2.42. The van der Waals surface area contributed by atoms with Crippen molar-refractivity contribution in [2.45, 2.75) is 13.0 Å². The molecule has 1 unspecified atom stereocenters. The Morgan fingerprint density at radius 1 is 1.00 bits per heavy atom. The van der Waals surface area contributed by atoms with Gasteiger partial charge in [-0.1, -0.05) is 35.9 Å². The predicted octanol–water partition coefficient (Wildman–Crippen LogP) is 2.38. The number of hydrogen-bond acceptors (Lipinski definition) is 2. The number of fused-ring (bicyclic) bond motifs is 1. The molecule has 3 rings (SSSR count). The predicted molar refractivity (Wildman–Crippen MR) is 72.3 cm³/mol. The molecule has 1 heterocycles. The Hall–Kier alpha value is -1.38. The second kappa shape index (κ2) is 4.47. The van der Waals surface area contributed by atoms with E-state index >= 15 is 0 Å². The van der Waals surface area contributed by atoms with E-state index in [0.29, 0.717) is 6.04 Å². The zero-order chi connectivity index (χ0) is 11.7. The first-order valence-corrected chi connectivity index (χ1v) is 6.27. The molecule has 2 heteroatoms. The van der Waals surface area contributed by atoms with Gasteiger partial charge in [0, 0.05) is 25.7 Å². The standard InChI is InChI=1S/C15H18N2/c1-11-2-3-13-9-14(5-4-12(13)8-11)15-10-16-6-7-17-15/h2-5,8-9,15-17H,6-7,10H2,1H3. The average molecular weight is 226 g/mol. The second-order valence-electron chi connectivity index (χ2n) is 4.82. The zero-order valence-corrected chi connectivity index (χ0v) is 10.2. The third kappa shape index (κ3) is 2.19. The Kier molecular flexibility index (Phi) is 2.83. The highest BCUT2D eigenvalue weighted by atomic mass is 15.1. The largest absolute Gasteiger partial charge is 0.314 e. The summed E-state index contributed by atoms with van der Waals surface area (Å²) in [6.07, 6.45) is 0. The molecule has 88 valence electrons. The van der Waals surface area contributed by atoms with Gasteiger partial charge in [-0.05, 0) is 29.3 Å². The fourth-order valence-corrected chi connectivity index (χ4v) is 2.49. The molecule has 0 radical (unpaired) electrons. The van der Waals surface area contributed by atoms with Crippen LogP contribution in [0.4, 0.5) is 0 Å². The van der Waals surface area contributed by atoms with Crippen LogP contribution in [0.3, 0.4) is 0 Å². The SMILES string of the molecule is Cc1ccc2cc(C3CNCCN3)ccc2c1. The molecule has 2 aromatic rings. The van der Waals surface area contributed by atoms with Gasteiger partial charge in [0.05, 0.1) is 0 Å². The number of benzene rings is 2. The summed E-state index contributed by atoms with van der Waals surface area (Å²) in [6, 6.07) is 13.9. The van der Waals surface area contributed by atoms with Gasteiger partial charge >= 0.3 is 0 Å². The summed E-state index contributed by atoms with van der Waals surface area (Å²) in [4.78, 5) is 0. The van der Waals surface area contributed by atoms with Crippen LogP contribution in [0.5, 0.6) is 0 Å². The van der Waals surface area contributed by atoms with E-state index in [-0.39, 0.29) is 0 Å². The van der Waals surface area contributed by atoms with Crippen LogP contribution < -0.4 is 10.6 Å². The Balaban J connectivity index is 1.98. The van der Waals surface area contributed by atoms with Gasteiger partial charge in [-0.15, -0.1) is 0 Å². The van der Waals surface area contributed by atoms with Crippen LogP contribution in [0.15, 0.2) is 36.4 Å². The minimum atomic E-state index is 0.453. The molecule has 2 aromatic carbocycles. The lowest BCUT2D eigenvalue weighted by Gasteiger charge is -2.25. The third-order valence-electron chi connectivity index (χ3n) is 3.46. The van der Waals surface area contributed by atoms with Crippen molar-refractivity contribution in [1.82, 2.24) is 10.6 Å². The Morgan fingerprint density at radius 2 is 1.82 bits per heavy atom. The Bertz CT molecular complexity index is 527. The normalized spacial score (nSPS) is 20.6. The number of hydrogen-bond donors (Lipinski definition) is 2. The highest BCUT2D eigenvalue weighted by Crippen LogP contribution is 2.21. The first kappa shape index (κ1) is 10.8. The molecule has 1 saturated heterocycles. The van der Waals surface area contributed by atoms with Crippen LogP contribution >= 0.6 is 0 Å². The maximum absolute atomic E-state index is 3.55. The lowest BCUT2D eigenvalue weighted by atomic mass is 10.00. The Labute approximate surface area is 102 Å². The fourth-order valence-electron chi connectivity index (χ4n) is 2.49. The van der Waals surface area contributed by atoms with Gasteiger partial charge in [-0.2, -0.15) is 0 Å². The van der Waals surface area contributed by atoms with Crippen LogP contribution in [0, 0.1) is 6.92 Å². The van der Waals surface area contributed by atoms with Crippen molar-refractivity contribution in [3.05, 3.63) is 47.5 Å². The number of nitrogens with one attached hydrogen (secondary N) is 2. The van der Waals surface area contributed by atoms with Gasteiger partial charge in [-0.25, -0.2) is 0 Å². The number of piperazine rings is 1. The molecule has 1 fully saturated rings. The summed E-state index contributed by atoms with van der Waals surface area (Å²) < 4.78 is 0. The summed E-state index contributed by atoms with van der Waals surface area (Å²) in [5.74, 6) is 0. The first-order valence-electron chi connectivity index (χ1n) is 6.27. The quantitative estimate of drug-likeness (QED) is 0.780. The molecule has 0 aliphatic carbocycles. The highest BCUT2D eigenvalue weighted by Gasteiger charge is 2.13. The van der Waals surface area contributed by atoms with E-state index in [1.54, 1.807) is 0 Å². The van der Waals surface area contributed by atoms with E-state index in [1.165, 1.54) is 21.9 Å². The van der Waals surface area contributed by atoms with Gasteiger partial charge in [0.15, 0.2) is 0 Å². The van der Waals surface area contributed by atoms with E-state index in [0.717, 1.165) is 19.6 Å². The molecule has 0 spiro atoms. The number of aryl methyl sites for hydroxylation is 1. The molecule has 2 nitrogen and oxygen atoms in total. The molecule has 1 aliphatic rings. The van der Waals surface area contributed by atoms with Crippen LogP contribution in [0.2, 0.25) is 0 Å². The van der Waals surface area contributed by atoms with Gasteiger partial charge in [-0.3, -0.25) is 0 Å². The average Bonchev–Trinajstić information content (AvgIpc) is 2.39. The van der Waals surface area contributed by atoms with Gasteiger partial charge in [0.1, 0.15) is 0 Å². The van der Waals surface area contributed by atoms with E-state index in [9.17, 15) is 0 Å². The summed E-state index contributed by atoms with van der Waals surface area (Å²) in [7, 11) is 0. The first-order chi connectivity index (χ1) is 8.33. The molecular weight excluding hydrogens is 208 g/mol. The van der Waals surface area contributed by atoms with Crippen LogP contribution in [-0.4, -0.2) is 19.6 Å². The molecule has 1 aliphatic heterocycles. The Morgan fingerprint density at radius 3 is 2.65 bits per heavy atom. The molecule has 0 saturated carbocycles. The van der Waals surface area contributed by atoms with Crippen molar-refractivity contribution in [3.8, 4) is 0 Å². The van der Waals surface area contributed by atoms with E-state index in [1.807, 2.05) is 0 Å². The summed E-state index contributed by atoms with van der Waals surface area (Å²) in [6.45, 7) is 5.29. The number of rotatable bonds is 1. The van der Waals surface area contributed by atoms with Gasteiger partial charge in [0.2, 0.25) is 0 Å². The molecule has 0 aromatic heterocycles. The van der Waals surface area contributed by atoms with Crippen molar-refractivity contribution in [2.75, 3.05) is 19.6 Å². The maximum Gasteiger partial charge on any atom is 0.0447 e. The minimum Gasteiger partial charge on any atom is -0.314 e. The van der Waals surface area contributed by atoms with Crippen LogP contribution in [-0.2, 0) is 0 Å². The van der Waals surface area contributed by atoms with Crippen molar-refractivity contribution in [3.63, 3.8) is 0 Å². The molecule has 17 heavy (non-hydrogen) atoms. The van der Waals surface area contributed by atoms with E-state index in [4.69, 9.17) is 0 Å². The molecule has 1 atom stereocenters. The molecule has 0 amide bonds. The van der Waals surface area contributed by atoms with E-state index < -0.39 is 0 Å². The fraction of sp³-hybridized carbons (Fsp3) is 0.333. The minimum absolute atomic E-state index is 0.453. The maximum atomic E-state index is 3.55. The van der Waals surface area contributed by atoms with Crippen molar-refractivity contribution < 1.29 is 0 Å². The molecular formula is C15H18N2. The smallest absolute Gasteiger partial charge is 0.0447 e. The van der Waals surface area contributed by atoms with Gasteiger partial charge < -0.3 is 10.6 Å². The van der Waals surface area contributed by atoms with Crippen molar-refractivity contribution in [2.24, 2.45) is 0 Å². The van der Waals surface area contributed by atoms with E-state index in [2.05, 4.69) is 54.0 Å². The van der Waals surface area contributed by atoms with Crippen LogP contribution in [0.1, 0.15) is 17.2 Å². The second-order valence-corrected chi connectivity index (χ2v) is 4.82. The highest BCUT2D eigenvalue weighted by molar-refractivity contribution is 5.83. The summed E-state index contributed by atoms with van der Waals surface area (Å²) in [5, 5.41) is 9.64. The summed E-state index contributed by atoms with van der Waals surface area (Å²) in [5.41, 5.74) is 2.70. The van der Waals surface area contributed by atoms with Crippen molar-refractivity contribution in [1.29, 1.82) is 0 Å². The van der Waals surface area contributed by atoms with Crippen LogP contribution in [0.25, 0.3) is 10.8 Å². The monoisotopic (exact) mass is 226 g/mol.